The van der Waals surface area contributed by atoms with Gasteiger partial charge < -0.3 is 14.6 Å². The van der Waals surface area contributed by atoms with E-state index < -0.39 is 0 Å². The van der Waals surface area contributed by atoms with E-state index in [1.165, 1.54) is 0 Å². The Balaban J connectivity index is 1.60. The van der Waals surface area contributed by atoms with Crippen LogP contribution < -0.4 is 10.1 Å². The van der Waals surface area contributed by atoms with Gasteiger partial charge >= 0.3 is 0 Å². The summed E-state index contributed by atoms with van der Waals surface area (Å²) in [5.41, 5.74) is 2.68. The molecule has 1 amide bonds. The summed E-state index contributed by atoms with van der Waals surface area (Å²) in [6.45, 7) is 5.37. The monoisotopic (exact) mass is 314 g/mol. The van der Waals surface area contributed by atoms with E-state index in [1.807, 2.05) is 18.2 Å². The summed E-state index contributed by atoms with van der Waals surface area (Å²) in [7, 11) is 0. The van der Waals surface area contributed by atoms with Crippen LogP contribution >= 0.6 is 0 Å². The maximum absolute atomic E-state index is 12.3. The van der Waals surface area contributed by atoms with E-state index in [9.17, 15) is 4.79 Å². The SMILES string of the molecule is CC(C)Cc1cc(CNC(=O)c2ccc3c(c2)CCCO3)on1. The van der Waals surface area contributed by atoms with Gasteiger partial charge in [-0.2, -0.15) is 0 Å². The highest BCUT2D eigenvalue weighted by atomic mass is 16.5. The molecule has 0 unspecified atom stereocenters. The smallest absolute Gasteiger partial charge is 0.251 e. The average molecular weight is 314 g/mol. The number of nitrogens with one attached hydrogen (secondary N) is 1. The van der Waals surface area contributed by atoms with Gasteiger partial charge in [-0.3, -0.25) is 4.79 Å². The quantitative estimate of drug-likeness (QED) is 0.921. The predicted molar refractivity (Wildman–Crippen MR) is 86.5 cm³/mol. The summed E-state index contributed by atoms with van der Waals surface area (Å²) in [4.78, 5) is 12.3. The summed E-state index contributed by atoms with van der Waals surface area (Å²) in [6.07, 6.45) is 2.83. The molecular formula is C18H22N2O3. The number of benzene rings is 1. The van der Waals surface area contributed by atoms with Gasteiger partial charge in [0.2, 0.25) is 0 Å². The summed E-state index contributed by atoms with van der Waals surface area (Å²) < 4.78 is 10.8. The molecule has 0 radical (unpaired) electrons. The largest absolute Gasteiger partial charge is 0.493 e. The van der Waals surface area contributed by atoms with Gasteiger partial charge in [-0.25, -0.2) is 0 Å². The molecule has 0 fully saturated rings. The molecule has 1 aromatic heterocycles. The Kier molecular flexibility index (Phi) is 4.65. The number of rotatable bonds is 5. The van der Waals surface area contributed by atoms with Crippen LogP contribution in [0.15, 0.2) is 28.8 Å². The van der Waals surface area contributed by atoms with Crippen molar-refractivity contribution in [1.82, 2.24) is 10.5 Å². The van der Waals surface area contributed by atoms with Crippen molar-refractivity contribution in [3.8, 4) is 5.75 Å². The Labute approximate surface area is 136 Å². The topological polar surface area (TPSA) is 64.4 Å². The van der Waals surface area contributed by atoms with Gasteiger partial charge in [0, 0.05) is 11.6 Å². The first kappa shape index (κ1) is 15.6. The lowest BCUT2D eigenvalue weighted by Crippen LogP contribution is -2.23. The minimum Gasteiger partial charge on any atom is -0.493 e. The molecule has 2 aromatic rings. The first-order valence-corrected chi connectivity index (χ1v) is 8.10. The van der Waals surface area contributed by atoms with Crippen LogP contribution in [0.4, 0.5) is 0 Å². The molecule has 1 N–H and O–H groups in total. The first-order chi connectivity index (χ1) is 11.1. The van der Waals surface area contributed by atoms with E-state index >= 15 is 0 Å². The summed E-state index contributed by atoms with van der Waals surface area (Å²) in [5.74, 6) is 1.98. The van der Waals surface area contributed by atoms with Gasteiger partial charge in [0.15, 0.2) is 5.76 Å². The standard InChI is InChI=1S/C18H22N2O3/c1-12(2)8-15-10-16(23-20-15)11-19-18(21)14-5-6-17-13(9-14)4-3-7-22-17/h5-6,9-10,12H,3-4,7-8,11H2,1-2H3,(H,19,21). The molecule has 5 nitrogen and oxygen atoms in total. The third-order valence-electron chi connectivity index (χ3n) is 3.82. The van der Waals surface area contributed by atoms with Crippen LogP contribution in [0.3, 0.4) is 0 Å². The number of fused-ring (bicyclic) bond motifs is 1. The van der Waals surface area contributed by atoms with Gasteiger partial charge in [-0.1, -0.05) is 19.0 Å². The van der Waals surface area contributed by atoms with Gasteiger partial charge in [0.1, 0.15) is 5.75 Å². The van der Waals surface area contributed by atoms with E-state index in [4.69, 9.17) is 9.26 Å². The molecule has 2 heterocycles. The summed E-state index contributed by atoms with van der Waals surface area (Å²) in [6, 6.07) is 7.48. The second kappa shape index (κ2) is 6.86. The van der Waals surface area contributed by atoms with Crippen molar-refractivity contribution in [1.29, 1.82) is 0 Å². The highest BCUT2D eigenvalue weighted by molar-refractivity contribution is 5.94. The Hall–Kier alpha value is -2.30. The minimum absolute atomic E-state index is 0.111. The van der Waals surface area contributed by atoms with Crippen LogP contribution in [-0.2, 0) is 19.4 Å². The van der Waals surface area contributed by atoms with Crippen LogP contribution in [0.25, 0.3) is 0 Å². The van der Waals surface area contributed by atoms with E-state index in [2.05, 4.69) is 24.3 Å². The van der Waals surface area contributed by atoms with Crippen molar-refractivity contribution in [2.45, 2.75) is 39.7 Å². The minimum atomic E-state index is -0.111. The third-order valence-corrected chi connectivity index (χ3v) is 3.82. The summed E-state index contributed by atoms with van der Waals surface area (Å²) in [5, 5.41) is 6.90. The van der Waals surface area contributed by atoms with Crippen molar-refractivity contribution in [3.63, 3.8) is 0 Å². The van der Waals surface area contributed by atoms with E-state index in [-0.39, 0.29) is 5.91 Å². The zero-order valence-electron chi connectivity index (χ0n) is 13.6. The number of hydrogen-bond acceptors (Lipinski definition) is 4. The van der Waals surface area contributed by atoms with Crippen LogP contribution in [0.5, 0.6) is 5.75 Å². The van der Waals surface area contributed by atoms with E-state index in [1.54, 1.807) is 6.07 Å². The third kappa shape index (κ3) is 3.92. The number of aromatic nitrogens is 1. The fourth-order valence-corrected chi connectivity index (χ4v) is 2.72. The molecule has 122 valence electrons. The molecule has 1 aliphatic rings. The van der Waals surface area contributed by atoms with Gasteiger partial charge in [0.25, 0.3) is 5.91 Å². The molecule has 1 aliphatic heterocycles. The molecule has 0 saturated carbocycles. The molecule has 0 saturated heterocycles. The lowest BCUT2D eigenvalue weighted by molar-refractivity contribution is 0.0947. The van der Waals surface area contributed by atoms with E-state index in [0.29, 0.717) is 23.8 Å². The molecule has 23 heavy (non-hydrogen) atoms. The van der Waals surface area contributed by atoms with Crippen LogP contribution in [-0.4, -0.2) is 17.7 Å². The number of nitrogens with zero attached hydrogens (tertiary/aromatic N) is 1. The van der Waals surface area contributed by atoms with Crippen molar-refractivity contribution in [2.75, 3.05) is 6.61 Å². The zero-order valence-corrected chi connectivity index (χ0v) is 13.6. The highest BCUT2D eigenvalue weighted by Gasteiger charge is 2.14. The van der Waals surface area contributed by atoms with Crippen LogP contribution in [0.2, 0.25) is 0 Å². The van der Waals surface area contributed by atoms with Crippen molar-refractivity contribution in [3.05, 3.63) is 46.8 Å². The Morgan fingerprint density at radius 3 is 3.04 bits per heavy atom. The van der Waals surface area contributed by atoms with Crippen LogP contribution in [0.1, 0.15) is 47.6 Å². The van der Waals surface area contributed by atoms with Crippen LogP contribution in [0, 0.1) is 5.92 Å². The number of amides is 1. The Morgan fingerprint density at radius 1 is 1.35 bits per heavy atom. The number of carbonyl (C=O) groups is 1. The van der Waals surface area contributed by atoms with Gasteiger partial charge in [-0.15, -0.1) is 0 Å². The average Bonchev–Trinajstić information content (AvgIpc) is 2.98. The number of hydrogen-bond donors (Lipinski definition) is 1. The zero-order chi connectivity index (χ0) is 16.2. The lowest BCUT2D eigenvalue weighted by Gasteiger charge is -2.17. The molecule has 0 aliphatic carbocycles. The lowest BCUT2D eigenvalue weighted by atomic mass is 10.0. The second-order valence-corrected chi connectivity index (χ2v) is 6.34. The summed E-state index contributed by atoms with van der Waals surface area (Å²) >= 11 is 0. The maximum atomic E-state index is 12.3. The maximum Gasteiger partial charge on any atom is 0.251 e. The molecular weight excluding hydrogens is 292 g/mol. The predicted octanol–water partition coefficient (Wildman–Crippen LogP) is 3.13. The normalized spacial score (nSPS) is 13.5. The van der Waals surface area contributed by atoms with Gasteiger partial charge in [0.05, 0.1) is 18.8 Å². The molecule has 3 rings (SSSR count). The molecule has 0 bridgehead atoms. The molecule has 1 aromatic carbocycles. The number of ether oxygens (including phenoxy) is 1. The Morgan fingerprint density at radius 2 is 2.22 bits per heavy atom. The fourth-order valence-electron chi connectivity index (χ4n) is 2.72. The molecule has 5 heteroatoms. The fraction of sp³-hybridized carbons (Fsp3) is 0.444. The van der Waals surface area contributed by atoms with Crippen molar-refractivity contribution < 1.29 is 14.1 Å². The number of carbonyl (C=O) groups excluding carboxylic acids is 1. The van der Waals surface area contributed by atoms with E-state index in [0.717, 1.165) is 42.9 Å². The highest BCUT2D eigenvalue weighted by Crippen LogP contribution is 2.25. The first-order valence-electron chi connectivity index (χ1n) is 8.10. The molecule has 0 atom stereocenters. The second-order valence-electron chi connectivity index (χ2n) is 6.34. The number of aryl methyl sites for hydroxylation is 1. The van der Waals surface area contributed by atoms with Crippen molar-refractivity contribution in [2.24, 2.45) is 5.92 Å². The van der Waals surface area contributed by atoms with Gasteiger partial charge in [-0.05, 0) is 48.9 Å². The van der Waals surface area contributed by atoms with Crippen molar-refractivity contribution >= 4 is 5.91 Å². The Bertz CT molecular complexity index is 691. The molecule has 0 spiro atoms.